The number of esters is 1. The van der Waals surface area contributed by atoms with Gasteiger partial charge >= 0.3 is 5.97 Å². The van der Waals surface area contributed by atoms with Crippen molar-refractivity contribution in [2.45, 2.75) is 6.42 Å². The van der Waals surface area contributed by atoms with Crippen LogP contribution < -0.4 is 0 Å². The van der Waals surface area contributed by atoms with Crippen molar-refractivity contribution in [2.75, 3.05) is 7.11 Å². The molecule has 0 bridgehead atoms. The number of carbonyl (C=O) groups excluding carboxylic acids is 2. The van der Waals surface area contributed by atoms with Crippen LogP contribution in [0, 0.1) is 23.2 Å². The number of methoxy groups -OCH3 is 1. The second kappa shape index (κ2) is 6.09. The number of nitrogens with zero attached hydrogens (tertiary/aromatic N) is 1. The number of benzene rings is 1. The predicted octanol–water partition coefficient (Wildman–Crippen LogP) is 1.31. The van der Waals surface area contributed by atoms with Gasteiger partial charge in [-0.1, -0.05) is 18.1 Å². The van der Waals surface area contributed by atoms with Crippen LogP contribution in [0.1, 0.15) is 22.3 Å². The fourth-order valence-electron chi connectivity index (χ4n) is 1.12. The van der Waals surface area contributed by atoms with Crippen LogP contribution in [0.15, 0.2) is 24.3 Å². The van der Waals surface area contributed by atoms with Crippen LogP contribution in [0.3, 0.4) is 0 Å². The summed E-state index contributed by atoms with van der Waals surface area (Å²) in [5, 5.41) is 8.42. The van der Waals surface area contributed by atoms with Crippen molar-refractivity contribution in [3.8, 4) is 17.9 Å². The van der Waals surface area contributed by atoms with Gasteiger partial charge in [0.2, 0.25) is 0 Å². The van der Waals surface area contributed by atoms with E-state index >= 15 is 0 Å². The molecule has 0 radical (unpaired) electrons. The largest absolute Gasteiger partial charge is 0.459 e. The third kappa shape index (κ3) is 3.81. The SMILES string of the molecule is COC(=O)C#Cc1cccc(C(=O)CC#N)c1. The molecule has 84 valence electrons. The molecule has 0 saturated heterocycles. The van der Waals surface area contributed by atoms with Crippen LogP contribution in [0.5, 0.6) is 0 Å². The van der Waals surface area contributed by atoms with Crippen LogP contribution in [-0.4, -0.2) is 18.9 Å². The van der Waals surface area contributed by atoms with Gasteiger partial charge in [0.25, 0.3) is 0 Å². The number of ether oxygens (including phenoxy) is 1. The number of nitriles is 1. The highest BCUT2D eigenvalue weighted by atomic mass is 16.5. The van der Waals surface area contributed by atoms with Gasteiger partial charge in [0.15, 0.2) is 5.78 Å². The molecule has 0 saturated carbocycles. The topological polar surface area (TPSA) is 67.2 Å². The van der Waals surface area contributed by atoms with Crippen molar-refractivity contribution in [2.24, 2.45) is 0 Å². The van der Waals surface area contributed by atoms with Gasteiger partial charge in [0, 0.05) is 17.0 Å². The Morgan fingerprint density at radius 1 is 1.41 bits per heavy atom. The molecule has 1 aromatic carbocycles. The van der Waals surface area contributed by atoms with Crippen molar-refractivity contribution in [1.29, 1.82) is 5.26 Å². The summed E-state index contributed by atoms with van der Waals surface area (Å²) in [6.07, 6.45) is -0.173. The molecule has 4 nitrogen and oxygen atoms in total. The van der Waals surface area contributed by atoms with E-state index in [1.165, 1.54) is 13.2 Å². The molecule has 0 aliphatic rings. The van der Waals surface area contributed by atoms with Gasteiger partial charge in [0.05, 0.1) is 19.6 Å². The Labute approximate surface area is 98.8 Å². The minimum Gasteiger partial charge on any atom is -0.459 e. The first-order valence-electron chi connectivity index (χ1n) is 4.77. The van der Waals surface area contributed by atoms with Crippen LogP contribution in [0.25, 0.3) is 0 Å². The van der Waals surface area contributed by atoms with E-state index in [4.69, 9.17) is 5.26 Å². The molecular weight excluding hydrogens is 218 g/mol. The summed E-state index contributed by atoms with van der Waals surface area (Å²) in [5.74, 6) is 3.92. The Morgan fingerprint density at radius 2 is 2.18 bits per heavy atom. The Bertz CT molecular complexity index is 544. The fourth-order valence-corrected chi connectivity index (χ4v) is 1.12. The first kappa shape index (κ1) is 12.5. The Kier molecular flexibility index (Phi) is 4.47. The molecule has 4 heteroatoms. The van der Waals surface area contributed by atoms with Crippen molar-refractivity contribution >= 4 is 11.8 Å². The van der Waals surface area contributed by atoms with Crippen LogP contribution in [0.2, 0.25) is 0 Å². The zero-order chi connectivity index (χ0) is 12.7. The molecule has 1 rings (SSSR count). The number of carbonyl (C=O) groups is 2. The lowest BCUT2D eigenvalue weighted by Gasteiger charge is -1.96. The summed E-state index contributed by atoms with van der Waals surface area (Å²) in [6, 6.07) is 8.23. The maximum absolute atomic E-state index is 11.4. The number of Topliss-reactive ketones (excluding diaryl/α,β-unsaturated/α-hetero) is 1. The van der Waals surface area contributed by atoms with Gasteiger partial charge in [-0.05, 0) is 12.1 Å². The molecule has 0 N–H and O–H groups in total. The van der Waals surface area contributed by atoms with Gasteiger partial charge in [-0.3, -0.25) is 4.79 Å². The third-order valence-corrected chi connectivity index (χ3v) is 1.92. The van der Waals surface area contributed by atoms with Crippen molar-refractivity contribution in [3.05, 3.63) is 35.4 Å². The van der Waals surface area contributed by atoms with Crippen molar-refractivity contribution in [1.82, 2.24) is 0 Å². The van der Waals surface area contributed by atoms with Gasteiger partial charge in [0.1, 0.15) is 0 Å². The molecule has 0 amide bonds. The lowest BCUT2D eigenvalue weighted by Crippen LogP contribution is -1.98. The van der Waals surface area contributed by atoms with Gasteiger partial charge in [-0.2, -0.15) is 5.26 Å². The summed E-state index contributed by atoms with van der Waals surface area (Å²) in [6.45, 7) is 0. The first-order valence-corrected chi connectivity index (χ1v) is 4.77. The number of ketones is 1. The smallest absolute Gasteiger partial charge is 0.384 e. The monoisotopic (exact) mass is 227 g/mol. The molecule has 0 spiro atoms. The summed E-state index contributed by atoms with van der Waals surface area (Å²) in [7, 11) is 1.24. The molecule has 0 aliphatic heterocycles. The molecular formula is C13H9NO3. The zero-order valence-electron chi connectivity index (χ0n) is 9.19. The Morgan fingerprint density at radius 3 is 2.82 bits per heavy atom. The molecule has 0 heterocycles. The van der Waals surface area contributed by atoms with Crippen molar-refractivity contribution in [3.63, 3.8) is 0 Å². The lowest BCUT2D eigenvalue weighted by molar-refractivity contribution is -0.133. The minimum absolute atomic E-state index is 0.173. The summed E-state index contributed by atoms with van der Waals surface area (Å²) < 4.78 is 4.37. The van der Waals surface area contributed by atoms with E-state index in [2.05, 4.69) is 16.6 Å². The predicted molar refractivity (Wildman–Crippen MR) is 59.9 cm³/mol. The molecule has 0 aliphatic carbocycles. The Hall–Kier alpha value is -2.59. The van der Waals surface area contributed by atoms with Crippen molar-refractivity contribution < 1.29 is 14.3 Å². The summed E-state index contributed by atoms with van der Waals surface area (Å²) in [5.41, 5.74) is 0.933. The van der Waals surface area contributed by atoms with E-state index in [0.717, 1.165) is 0 Å². The summed E-state index contributed by atoms with van der Waals surface area (Å²) in [4.78, 5) is 22.2. The fraction of sp³-hybridized carbons (Fsp3) is 0.154. The van der Waals surface area contributed by atoms with E-state index in [1.807, 2.05) is 0 Å². The maximum atomic E-state index is 11.4. The van der Waals surface area contributed by atoms with E-state index in [9.17, 15) is 9.59 Å². The van der Waals surface area contributed by atoms with E-state index < -0.39 is 5.97 Å². The zero-order valence-corrected chi connectivity index (χ0v) is 9.19. The van der Waals surface area contributed by atoms with Crippen LogP contribution in [-0.2, 0) is 9.53 Å². The molecule has 0 aromatic heterocycles. The van der Waals surface area contributed by atoms with Crippen LogP contribution >= 0.6 is 0 Å². The Balaban J connectivity index is 2.93. The minimum atomic E-state index is -0.640. The maximum Gasteiger partial charge on any atom is 0.384 e. The molecule has 1 aromatic rings. The van der Waals surface area contributed by atoms with Gasteiger partial charge < -0.3 is 4.74 Å². The molecule has 0 unspecified atom stereocenters. The third-order valence-electron chi connectivity index (χ3n) is 1.92. The highest BCUT2D eigenvalue weighted by Crippen LogP contribution is 2.06. The van der Waals surface area contributed by atoms with Gasteiger partial charge in [-0.25, -0.2) is 4.79 Å². The van der Waals surface area contributed by atoms with E-state index in [-0.39, 0.29) is 12.2 Å². The normalized spacial score (nSPS) is 8.47. The quantitative estimate of drug-likeness (QED) is 0.434. The molecule has 0 atom stereocenters. The second-order valence-corrected chi connectivity index (χ2v) is 3.08. The van der Waals surface area contributed by atoms with E-state index in [1.54, 1.807) is 24.3 Å². The lowest BCUT2D eigenvalue weighted by atomic mass is 10.1. The highest BCUT2D eigenvalue weighted by Gasteiger charge is 2.04. The second-order valence-electron chi connectivity index (χ2n) is 3.08. The number of hydrogen-bond acceptors (Lipinski definition) is 4. The number of rotatable bonds is 2. The average molecular weight is 227 g/mol. The standard InChI is InChI=1S/C13H9NO3/c1-17-13(16)6-5-10-3-2-4-11(9-10)12(15)7-8-14/h2-4,9H,7H2,1H3. The molecule has 0 fully saturated rings. The first-order chi connectivity index (χ1) is 8.17. The molecule has 17 heavy (non-hydrogen) atoms. The van der Waals surface area contributed by atoms with Gasteiger partial charge in [-0.15, -0.1) is 0 Å². The summed E-state index contributed by atoms with van der Waals surface area (Å²) >= 11 is 0. The number of hydrogen-bond donors (Lipinski definition) is 0. The van der Waals surface area contributed by atoms with Crippen LogP contribution in [0.4, 0.5) is 0 Å². The average Bonchev–Trinajstić information content (AvgIpc) is 2.36. The van der Waals surface area contributed by atoms with E-state index in [0.29, 0.717) is 11.1 Å². The highest BCUT2D eigenvalue weighted by molar-refractivity contribution is 5.97.